The van der Waals surface area contributed by atoms with E-state index < -0.39 is 0 Å². The molecule has 3 heteroatoms. The Morgan fingerprint density at radius 1 is 1.00 bits per heavy atom. The molecule has 12 heavy (non-hydrogen) atoms. The third-order valence-corrected chi connectivity index (χ3v) is 1.07. The van der Waals surface area contributed by atoms with Crippen LogP contribution in [0.25, 0.3) is 0 Å². The number of amides is 2. The molecule has 0 heterocycles. The molecule has 0 saturated carbocycles. The van der Waals surface area contributed by atoms with Crippen LogP contribution in [0.1, 0.15) is 40.5 Å². The van der Waals surface area contributed by atoms with Gasteiger partial charge in [-0.2, -0.15) is 0 Å². The molecule has 3 nitrogen and oxygen atoms in total. The van der Waals surface area contributed by atoms with Crippen LogP contribution in [0.2, 0.25) is 0 Å². The minimum absolute atomic E-state index is 0.0521. The van der Waals surface area contributed by atoms with Crippen molar-refractivity contribution in [2.75, 3.05) is 13.1 Å². The van der Waals surface area contributed by atoms with Gasteiger partial charge in [-0.15, -0.1) is 0 Å². The van der Waals surface area contributed by atoms with Crippen molar-refractivity contribution >= 4 is 6.03 Å². The van der Waals surface area contributed by atoms with Gasteiger partial charge in [-0.3, -0.25) is 0 Å². The first kappa shape index (κ1) is 13.8. The topological polar surface area (TPSA) is 41.1 Å². The van der Waals surface area contributed by atoms with Crippen LogP contribution in [0.4, 0.5) is 4.79 Å². The maximum Gasteiger partial charge on any atom is 0.314 e. The normalized spacial score (nSPS) is 8.00. The first-order chi connectivity index (χ1) is 5.81. The van der Waals surface area contributed by atoms with Gasteiger partial charge in [0.05, 0.1) is 0 Å². The number of urea groups is 1. The van der Waals surface area contributed by atoms with Gasteiger partial charge in [-0.05, 0) is 12.8 Å². The highest BCUT2D eigenvalue weighted by molar-refractivity contribution is 5.73. The average molecular weight is 174 g/mol. The highest BCUT2D eigenvalue weighted by atomic mass is 16.2. The van der Waals surface area contributed by atoms with Crippen LogP contribution in [-0.2, 0) is 0 Å². The SMILES string of the molecule is CC.CCCNC(=O)NCCC. The van der Waals surface area contributed by atoms with E-state index in [9.17, 15) is 4.79 Å². The molecule has 0 spiro atoms. The number of carbonyl (C=O) groups is 1. The molecule has 0 fully saturated rings. The van der Waals surface area contributed by atoms with Crippen molar-refractivity contribution in [3.63, 3.8) is 0 Å². The Kier molecular flexibility index (Phi) is 14.9. The molecule has 0 saturated heterocycles. The molecule has 2 amide bonds. The van der Waals surface area contributed by atoms with Gasteiger partial charge in [0.1, 0.15) is 0 Å². The van der Waals surface area contributed by atoms with Crippen LogP contribution in [0.3, 0.4) is 0 Å². The quantitative estimate of drug-likeness (QED) is 0.673. The number of carbonyl (C=O) groups excluding carboxylic acids is 1. The predicted octanol–water partition coefficient (Wildman–Crippen LogP) is 2.13. The van der Waals surface area contributed by atoms with Crippen LogP contribution < -0.4 is 10.6 Å². The Hall–Kier alpha value is -0.730. The van der Waals surface area contributed by atoms with Gasteiger partial charge >= 0.3 is 6.03 Å². The van der Waals surface area contributed by atoms with Crippen molar-refractivity contribution in [3.8, 4) is 0 Å². The summed E-state index contributed by atoms with van der Waals surface area (Å²) in [6, 6.07) is -0.0521. The largest absolute Gasteiger partial charge is 0.338 e. The fourth-order valence-corrected chi connectivity index (χ4v) is 0.540. The van der Waals surface area contributed by atoms with Gasteiger partial charge in [-0.25, -0.2) is 4.79 Å². The Labute approximate surface area is 75.9 Å². The monoisotopic (exact) mass is 174 g/mol. The van der Waals surface area contributed by atoms with E-state index >= 15 is 0 Å². The molecular weight excluding hydrogens is 152 g/mol. The van der Waals surface area contributed by atoms with Crippen molar-refractivity contribution in [1.82, 2.24) is 10.6 Å². The van der Waals surface area contributed by atoms with E-state index in [1.54, 1.807) is 0 Å². The zero-order chi connectivity index (χ0) is 9.82. The third kappa shape index (κ3) is 12.0. The molecule has 0 atom stereocenters. The maximum absolute atomic E-state index is 10.7. The maximum atomic E-state index is 10.7. The summed E-state index contributed by atoms with van der Waals surface area (Å²) in [5.41, 5.74) is 0. The molecule has 0 bridgehead atoms. The lowest BCUT2D eigenvalue weighted by molar-refractivity contribution is 0.241. The third-order valence-electron chi connectivity index (χ3n) is 1.07. The fraction of sp³-hybridized carbons (Fsp3) is 0.889. The average Bonchev–Trinajstić information content (AvgIpc) is 2.14. The highest BCUT2D eigenvalue weighted by Crippen LogP contribution is 1.72. The molecule has 0 aliphatic heterocycles. The van der Waals surface area contributed by atoms with Crippen LogP contribution in [0.15, 0.2) is 0 Å². The summed E-state index contributed by atoms with van der Waals surface area (Å²) in [4.78, 5) is 10.7. The minimum Gasteiger partial charge on any atom is -0.338 e. The van der Waals surface area contributed by atoms with E-state index in [-0.39, 0.29) is 6.03 Å². The van der Waals surface area contributed by atoms with E-state index in [4.69, 9.17) is 0 Å². The van der Waals surface area contributed by atoms with Crippen LogP contribution in [0, 0.1) is 0 Å². The summed E-state index contributed by atoms with van der Waals surface area (Å²) in [6.45, 7) is 9.57. The summed E-state index contributed by atoms with van der Waals surface area (Å²) in [5, 5.41) is 5.43. The van der Waals surface area contributed by atoms with Gasteiger partial charge in [0, 0.05) is 13.1 Å². The van der Waals surface area contributed by atoms with Crippen LogP contribution in [-0.4, -0.2) is 19.1 Å². The lowest BCUT2D eigenvalue weighted by atomic mass is 10.5. The number of nitrogens with one attached hydrogen (secondary N) is 2. The lowest BCUT2D eigenvalue weighted by Gasteiger charge is -2.03. The van der Waals surface area contributed by atoms with Crippen molar-refractivity contribution in [2.45, 2.75) is 40.5 Å². The minimum atomic E-state index is -0.0521. The summed E-state index contributed by atoms with van der Waals surface area (Å²) in [6.07, 6.45) is 1.97. The van der Waals surface area contributed by atoms with Gasteiger partial charge in [0.2, 0.25) is 0 Å². The standard InChI is InChI=1S/C7H16N2O.C2H6/c1-3-5-8-7(10)9-6-4-2;1-2/h3-6H2,1-2H3,(H2,8,9,10);1-2H3. The molecule has 0 aliphatic rings. The summed E-state index contributed by atoms with van der Waals surface area (Å²) in [7, 11) is 0. The zero-order valence-corrected chi connectivity index (χ0v) is 8.74. The number of rotatable bonds is 4. The van der Waals surface area contributed by atoms with E-state index in [1.165, 1.54) is 0 Å². The van der Waals surface area contributed by atoms with Gasteiger partial charge in [0.25, 0.3) is 0 Å². The molecule has 0 aromatic carbocycles. The van der Waals surface area contributed by atoms with Crippen LogP contribution >= 0.6 is 0 Å². The second-order valence-electron chi connectivity index (χ2n) is 2.18. The molecule has 0 rings (SSSR count). The van der Waals surface area contributed by atoms with Crippen LogP contribution in [0.5, 0.6) is 0 Å². The Bertz CT molecular complexity index is 84.5. The Morgan fingerprint density at radius 2 is 1.33 bits per heavy atom. The summed E-state index contributed by atoms with van der Waals surface area (Å²) < 4.78 is 0. The molecule has 0 radical (unpaired) electrons. The summed E-state index contributed by atoms with van der Waals surface area (Å²) in [5.74, 6) is 0. The first-order valence-corrected chi connectivity index (χ1v) is 4.83. The molecule has 0 unspecified atom stereocenters. The van der Waals surface area contributed by atoms with E-state index in [1.807, 2.05) is 27.7 Å². The number of hydrogen-bond donors (Lipinski definition) is 2. The van der Waals surface area contributed by atoms with E-state index in [0.29, 0.717) is 0 Å². The molecule has 74 valence electrons. The van der Waals surface area contributed by atoms with E-state index in [2.05, 4.69) is 10.6 Å². The Balaban J connectivity index is 0. The highest BCUT2D eigenvalue weighted by Gasteiger charge is 1.93. The number of hydrogen-bond acceptors (Lipinski definition) is 1. The van der Waals surface area contributed by atoms with Crippen molar-refractivity contribution < 1.29 is 4.79 Å². The molecule has 0 aliphatic carbocycles. The second kappa shape index (κ2) is 12.9. The lowest BCUT2D eigenvalue weighted by Crippen LogP contribution is -2.36. The zero-order valence-electron chi connectivity index (χ0n) is 8.74. The van der Waals surface area contributed by atoms with E-state index in [0.717, 1.165) is 25.9 Å². The van der Waals surface area contributed by atoms with Crippen molar-refractivity contribution in [3.05, 3.63) is 0 Å². The smallest absolute Gasteiger partial charge is 0.314 e. The molecule has 0 aromatic rings. The van der Waals surface area contributed by atoms with Crippen molar-refractivity contribution in [1.29, 1.82) is 0 Å². The first-order valence-electron chi connectivity index (χ1n) is 4.83. The van der Waals surface area contributed by atoms with Crippen molar-refractivity contribution in [2.24, 2.45) is 0 Å². The predicted molar refractivity (Wildman–Crippen MR) is 53.3 cm³/mol. The molecule has 2 N–H and O–H groups in total. The molecule has 0 aromatic heterocycles. The summed E-state index contributed by atoms with van der Waals surface area (Å²) >= 11 is 0. The second-order valence-corrected chi connectivity index (χ2v) is 2.18. The fourth-order valence-electron chi connectivity index (χ4n) is 0.540. The van der Waals surface area contributed by atoms with Gasteiger partial charge in [-0.1, -0.05) is 27.7 Å². The Morgan fingerprint density at radius 3 is 1.58 bits per heavy atom. The van der Waals surface area contributed by atoms with Gasteiger partial charge in [0.15, 0.2) is 0 Å². The molecular formula is C9H22N2O. The van der Waals surface area contributed by atoms with Gasteiger partial charge < -0.3 is 10.6 Å².